The molecule has 2 fully saturated rings. The maximum atomic E-state index is 13.9. The predicted molar refractivity (Wildman–Crippen MR) is 139 cm³/mol. The van der Waals surface area contributed by atoms with Crippen LogP contribution >= 0.6 is 0 Å². The molecule has 0 bridgehead atoms. The molecule has 2 aliphatic heterocycles. The molecule has 4 aromatic rings. The number of fused-ring (bicyclic) bond motifs is 1. The number of halogens is 1. The van der Waals surface area contributed by atoms with E-state index in [0.29, 0.717) is 35.8 Å². The summed E-state index contributed by atoms with van der Waals surface area (Å²) in [6.07, 6.45) is 7.88. The molecule has 2 atom stereocenters. The Balaban J connectivity index is 1.42. The van der Waals surface area contributed by atoms with Crippen molar-refractivity contribution in [1.82, 2.24) is 30.0 Å². The van der Waals surface area contributed by atoms with Crippen LogP contribution in [-0.4, -0.2) is 61.7 Å². The molecule has 10 nitrogen and oxygen atoms in total. The highest BCUT2D eigenvalue weighted by Gasteiger charge is 2.25. The average molecular weight is 518 g/mol. The number of nitrogens with one attached hydrogen (secondary N) is 1. The molecule has 38 heavy (non-hydrogen) atoms. The van der Waals surface area contributed by atoms with Crippen LogP contribution in [0.1, 0.15) is 38.3 Å². The summed E-state index contributed by atoms with van der Waals surface area (Å²) >= 11 is 0. The lowest BCUT2D eigenvalue weighted by Gasteiger charge is -2.33. The van der Waals surface area contributed by atoms with E-state index >= 15 is 0 Å². The number of hydrogen-bond acceptors (Lipinski definition) is 7. The Bertz CT molecular complexity index is 1470. The van der Waals surface area contributed by atoms with Crippen molar-refractivity contribution in [2.75, 3.05) is 24.6 Å². The maximum absolute atomic E-state index is 13.9. The molecule has 196 valence electrons. The topological polar surface area (TPSA) is 118 Å². The third kappa shape index (κ3) is 4.89. The Morgan fingerprint density at radius 2 is 2.03 bits per heavy atom. The number of piperidine rings is 1. The van der Waals surface area contributed by atoms with Gasteiger partial charge in [-0.2, -0.15) is 5.10 Å². The van der Waals surface area contributed by atoms with Crippen molar-refractivity contribution in [1.29, 1.82) is 0 Å². The van der Waals surface area contributed by atoms with Crippen LogP contribution in [0.15, 0.2) is 48.9 Å². The summed E-state index contributed by atoms with van der Waals surface area (Å²) in [5.74, 6) is 0.335. The number of aromatic nitrogens is 5. The van der Waals surface area contributed by atoms with E-state index in [-0.39, 0.29) is 12.3 Å². The summed E-state index contributed by atoms with van der Waals surface area (Å²) in [6.45, 7) is 2.02. The van der Waals surface area contributed by atoms with E-state index in [9.17, 15) is 9.18 Å². The summed E-state index contributed by atoms with van der Waals surface area (Å²) in [4.78, 5) is 26.8. The van der Waals surface area contributed by atoms with Crippen LogP contribution in [0.4, 0.5) is 15.0 Å². The van der Waals surface area contributed by atoms with Crippen molar-refractivity contribution in [2.24, 2.45) is 0 Å². The first kappa shape index (κ1) is 24.2. The molecule has 6 rings (SSSR count). The fourth-order valence-corrected chi connectivity index (χ4v) is 5.28. The number of hydrogen-bond donors (Lipinski definition) is 2. The van der Waals surface area contributed by atoms with E-state index < -0.39 is 11.9 Å². The molecular formula is C27H28FN7O3. The van der Waals surface area contributed by atoms with Crippen LogP contribution in [0.2, 0.25) is 0 Å². The second-order valence-corrected chi connectivity index (χ2v) is 9.71. The number of ether oxygens (including phenoxy) is 1. The van der Waals surface area contributed by atoms with E-state index in [2.05, 4.69) is 20.2 Å². The molecule has 2 saturated heterocycles. The first-order valence-corrected chi connectivity index (χ1v) is 12.9. The summed E-state index contributed by atoms with van der Waals surface area (Å²) in [6, 6.07) is 8.94. The lowest BCUT2D eigenvalue weighted by Crippen LogP contribution is -2.47. The lowest BCUT2D eigenvalue weighted by molar-refractivity contribution is -0.0365. The van der Waals surface area contributed by atoms with Gasteiger partial charge in [0.2, 0.25) is 0 Å². The number of rotatable bonds is 5. The number of amides is 1. The Morgan fingerprint density at radius 1 is 1.11 bits per heavy atom. The average Bonchev–Trinajstić information content (AvgIpc) is 3.32. The first-order chi connectivity index (χ1) is 18.5. The quantitative estimate of drug-likeness (QED) is 0.393. The Kier molecular flexibility index (Phi) is 6.59. The molecule has 4 aromatic heterocycles. The second-order valence-electron chi connectivity index (χ2n) is 9.71. The van der Waals surface area contributed by atoms with Gasteiger partial charge in [-0.05, 0) is 56.4 Å². The molecule has 1 amide bonds. The third-order valence-corrected chi connectivity index (χ3v) is 7.07. The van der Waals surface area contributed by atoms with Gasteiger partial charge in [0.05, 0.1) is 29.3 Å². The van der Waals surface area contributed by atoms with E-state index in [1.54, 1.807) is 12.4 Å². The van der Waals surface area contributed by atoms with Gasteiger partial charge in [-0.3, -0.25) is 9.97 Å². The van der Waals surface area contributed by atoms with E-state index in [4.69, 9.17) is 19.9 Å². The minimum absolute atomic E-state index is 0.149. The number of carbonyl (C=O) groups is 1. The summed E-state index contributed by atoms with van der Waals surface area (Å²) in [5, 5.41) is 17.5. The predicted octanol–water partition coefficient (Wildman–Crippen LogP) is 4.63. The minimum Gasteiger partial charge on any atom is -0.465 e. The van der Waals surface area contributed by atoms with Crippen LogP contribution in [0, 0.1) is 5.82 Å². The number of pyridine rings is 3. The van der Waals surface area contributed by atoms with Gasteiger partial charge in [-0.1, -0.05) is 6.07 Å². The summed E-state index contributed by atoms with van der Waals surface area (Å²) in [5.41, 5.74) is 3.35. The number of nitrogens with zero attached hydrogens (tertiary/aromatic N) is 6. The van der Waals surface area contributed by atoms with Crippen LogP contribution < -0.4 is 10.2 Å². The van der Waals surface area contributed by atoms with E-state index in [1.165, 1.54) is 12.3 Å². The van der Waals surface area contributed by atoms with Gasteiger partial charge in [0.1, 0.15) is 17.3 Å². The minimum atomic E-state index is -1.02. The van der Waals surface area contributed by atoms with Gasteiger partial charge < -0.3 is 20.1 Å². The molecule has 6 heterocycles. The Morgan fingerprint density at radius 3 is 2.84 bits per heavy atom. The van der Waals surface area contributed by atoms with Gasteiger partial charge in [0.25, 0.3) is 0 Å². The Hall–Kier alpha value is -4.12. The van der Waals surface area contributed by atoms with Crippen molar-refractivity contribution in [3.63, 3.8) is 0 Å². The number of anilines is 1. The van der Waals surface area contributed by atoms with Gasteiger partial charge in [-0.15, -0.1) is 0 Å². The highest BCUT2D eigenvalue weighted by molar-refractivity contribution is 5.94. The largest absolute Gasteiger partial charge is 0.465 e. The smallest absolute Gasteiger partial charge is 0.404 e. The standard InChI is InChI=1S/C27H28FN7O3/c28-18-11-17(13-29-14-18)22-12-20-23(15-30-22)35(25-8-1-2-10-38-25)33-26(20)21-6-3-7-24(32-21)34-9-4-5-19(16-34)31-27(36)37/h3,6-7,11-15,19,25,31H,1-2,4-5,8-10,16H2,(H,36,37)/t19-,25?/m0/s1. The SMILES string of the molecule is O=C(O)N[C@H]1CCCN(c2cccc(-c3nn(C4CCCCO4)c4cnc(-c5cncc(F)c5)cc34)n2)C1. The monoisotopic (exact) mass is 517 g/mol. The van der Waals surface area contributed by atoms with Gasteiger partial charge in [0.15, 0.2) is 6.23 Å². The highest BCUT2D eigenvalue weighted by atomic mass is 19.1. The normalized spacial score (nSPS) is 20.0. The van der Waals surface area contributed by atoms with Crippen LogP contribution in [0.25, 0.3) is 33.5 Å². The lowest BCUT2D eigenvalue weighted by atomic mass is 10.1. The molecule has 0 aliphatic carbocycles. The van der Waals surface area contributed by atoms with Crippen molar-refractivity contribution in [3.8, 4) is 22.6 Å². The molecule has 11 heteroatoms. The van der Waals surface area contributed by atoms with Gasteiger partial charge >= 0.3 is 6.09 Å². The molecular weight excluding hydrogens is 489 g/mol. The third-order valence-electron chi connectivity index (χ3n) is 7.07. The van der Waals surface area contributed by atoms with E-state index in [1.807, 2.05) is 28.9 Å². The van der Waals surface area contributed by atoms with Crippen molar-refractivity contribution in [2.45, 2.75) is 44.4 Å². The zero-order chi connectivity index (χ0) is 26.1. The van der Waals surface area contributed by atoms with Crippen molar-refractivity contribution in [3.05, 3.63) is 54.7 Å². The highest BCUT2D eigenvalue weighted by Crippen LogP contribution is 2.34. The van der Waals surface area contributed by atoms with Gasteiger partial charge in [-0.25, -0.2) is 18.9 Å². The molecule has 0 saturated carbocycles. The molecule has 0 aromatic carbocycles. The zero-order valence-corrected chi connectivity index (χ0v) is 20.8. The van der Waals surface area contributed by atoms with Crippen LogP contribution in [0.5, 0.6) is 0 Å². The van der Waals surface area contributed by atoms with Crippen LogP contribution in [0.3, 0.4) is 0 Å². The fraction of sp³-hybridized carbons (Fsp3) is 0.370. The van der Waals surface area contributed by atoms with Crippen molar-refractivity contribution >= 4 is 22.8 Å². The zero-order valence-electron chi connectivity index (χ0n) is 20.8. The maximum Gasteiger partial charge on any atom is 0.404 e. The molecule has 2 N–H and O–H groups in total. The van der Waals surface area contributed by atoms with Crippen molar-refractivity contribution < 1.29 is 19.0 Å². The van der Waals surface area contributed by atoms with E-state index in [0.717, 1.165) is 55.4 Å². The van der Waals surface area contributed by atoms with Gasteiger partial charge in [0, 0.05) is 42.9 Å². The fourth-order valence-electron chi connectivity index (χ4n) is 5.28. The summed E-state index contributed by atoms with van der Waals surface area (Å²) in [7, 11) is 0. The number of carboxylic acid groups (broad SMARTS) is 1. The molecule has 1 unspecified atom stereocenters. The van der Waals surface area contributed by atoms with Crippen LogP contribution in [-0.2, 0) is 4.74 Å². The molecule has 0 spiro atoms. The molecule has 2 aliphatic rings. The molecule has 0 radical (unpaired) electrons. The Labute approximate surface area is 218 Å². The first-order valence-electron chi connectivity index (χ1n) is 12.9. The summed E-state index contributed by atoms with van der Waals surface area (Å²) < 4.78 is 21.8. The second kappa shape index (κ2) is 10.3.